The lowest BCUT2D eigenvalue weighted by molar-refractivity contribution is 0.0525. The van der Waals surface area contributed by atoms with Crippen LogP contribution in [0.4, 0.5) is 0 Å². The van der Waals surface area contributed by atoms with Gasteiger partial charge in [0.25, 0.3) is 0 Å². The molecule has 0 aromatic heterocycles. The van der Waals surface area contributed by atoms with E-state index in [-0.39, 0.29) is 6.10 Å². The second-order valence-corrected chi connectivity index (χ2v) is 4.05. The lowest BCUT2D eigenvalue weighted by atomic mass is 10.1. The summed E-state index contributed by atoms with van der Waals surface area (Å²) in [5.41, 5.74) is 5.64. The van der Waals surface area contributed by atoms with Gasteiger partial charge in [-0.15, -0.1) is 0 Å². The van der Waals surface area contributed by atoms with Crippen LogP contribution in [0.2, 0.25) is 0 Å². The van der Waals surface area contributed by atoms with Gasteiger partial charge in [0.1, 0.15) is 0 Å². The predicted molar refractivity (Wildman–Crippen MR) is 66.1 cm³/mol. The molecule has 0 saturated carbocycles. The molecule has 0 rings (SSSR count). The van der Waals surface area contributed by atoms with Gasteiger partial charge in [-0.05, 0) is 33.2 Å². The molecule has 2 N–H and O–H groups in total. The molecule has 0 aliphatic heterocycles. The van der Waals surface area contributed by atoms with Gasteiger partial charge in [0.2, 0.25) is 0 Å². The summed E-state index contributed by atoms with van der Waals surface area (Å²) in [6, 6.07) is 0.699. The van der Waals surface area contributed by atoms with Crippen LogP contribution in [0.3, 0.4) is 0 Å². The summed E-state index contributed by atoms with van der Waals surface area (Å²) >= 11 is 0. The zero-order valence-electron chi connectivity index (χ0n) is 10.8. The highest BCUT2D eigenvalue weighted by Crippen LogP contribution is 2.08. The SMILES string of the molecule is CCOC(CN)CCN(C)C(CC)CC. The second-order valence-electron chi connectivity index (χ2n) is 4.05. The first kappa shape index (κ1) is 14.9. The molecular weight excluding hydrogens is 188 g/mol. The van der Waals surface area contributed by atoms with Crippen LogP contribution in [0.15, 0.2) is 0 Å². The van der Waals surface area contributed by atoms with E-state index in [1.807, 2.05) is 6.92 Å². The highest BCUT2D eigenvalue weighted by Gasteiger charge is 2.12. The minimum absolute atomic E-state index is 0.229. The molecule has 0 aliphatic rings. The molecule has 0 aromatic carbocycles. The van der Waals surface area contributed by atoms with Gasteiger partial charge in [-0.3, -0.25) is 0 Å². The van der Waals surface area contributed by atoms with Crippen LogP contribution < -0.4 is 5.73 Å². The van der Waals surface area contributed by atoms with Crippen molar-refractivity contribution in [2.24, 2.45) is 5.73 Å². The highest BCUT2D eigenvalue weighted by atomic mass is 16.5. The fourth-order valence-corrected chi connectivity index (χ4v) is 1.95. The Labute approximate surface area is 95.0 Å². The van der Waals surface area contributed by atoms with Crippen molar-refractivity contribution in [3.8, 4) is 0 Å². The lowest BCUT2D eigenvalue weighted by Gasteiger charge is -2.27. The smallest absolute Gasteiger partial charge is 0.0709 e. The van der Waals surface area contributed by atoms with Crippen molar-refractivity contribution in [2.45, 2.75) is 52.2 Å². The van der Waals surface area contributed by atoms with Crippen LogP contribution in [0.5, 0.6) is 0 Å². The van der Waals surface area contributed by atoms with E-state index in [1.165, 1.54) is 12.8 Å². The first-order valence-electron chi connectivity index (χ1n) is 6.21. The first-order valence-corrected chi connectivity index (χ1v) is 6.21. The van der Waals surface area contributed by atoms with Gasteiger partial charge in [0.05, 0.1) is 6.10 Å². The topological polar surface area (TPSA) is 38.5 Å². The number of hydrogen-bond acceptors (Lipinski definition) is 3. The average molecular weight is 216 g/mol. The highest BCUT2D eigenvalue weighted by molar-refractivity contribution is 4.68. The Morgan fingerprint density at radius 1 is 1.20 bits per heavy atom. The summed E-state index contributed by atoms with van der Waals surface area (Å²) < 4.78 is 5.54. The van der Waals surface area contributed by atoms with E-state index in [9.17, 15) is 0 Å². The van der Waals surface area contributed by atoms with E-state index >= 15 is 0 Å². The van der Waals surface area contributed by atoms with Crippen molar-refractivity contribution in [1.29, 1.82) is 0 Å². The fourth-order valence-electron chi connectivity index (χ4n) is 1.95. The van der Waals surface area contributed by atoms with E-state index in [4.69, 9.17) is 10.5 Å². The number of nitrogens with two attached hydrogens (primary N) is 1. The van der Waals surface area contributed by atoms with Gasteiger partial charge in [-0.2, -0.15) is 0 Å². The monoisotopic (exact) mass is 216 g/mol. The Bertz CT molecular complexity index is 138. The molecule has 15 heavy (non-hydrogen) atoms. The number of nitrogens with zero attached hydrogens (tertiary/aromatic N) is 1. The summed E-state index contributed by atoms with van der Waals surface area (Å²) in [4.78, 5) is 2.42. The molecule has 0 fully saturated rings. The molecule has 0 amide bonds. The molecule has 0 bridgehead atoms. The minimum atomic E-state index is 0.229. The van der Waals surface area contributed by atoms with E-state index in [0.717, 1.165) is 19.6 Å². The third kappa shape index (κ3) is 6.13. The predicted octanol–water partition coefficient (Wildman–Crippen LogP) is 1.86. The molecular formula is C12H28N2O. The normalized spacial score (nSPS) is 13.8. The standard InChI is InChI=1S/C12H28N2O/c1-5-11(6-2)14(4)9-8-12(10-13)15-7-3/h11-12H,5-10,13H2,1-4H3. The summed E-state index contributed by atoms with van der Waals surface area (Å²) in [5.74, 6) is 0. The van der Waals surface area contributed by atoms with Crippen molar-refractivity contribution in [2.75, 3.05) is 26.7 Å². The molecule has 1 atom stereocenters. The van der Waals surface area contributed by atoms with E-state index in [1.54, 1.807) is 0 Å². The van der Waals surface area contributed by atoms with Crippen LogP contribution >= 0.6 is 0 Å². The summed E-state index contributed by atoms with van der Waals surface area (Å²) in [5, 5.41) is 0. The Hall–Kier alpha value is -0.120. The summed E-state index contributed by atoms with van der Waals surface area (Å²) in [6.45, 7) is 8.98. The Morgan fingerprint density at radius 2 is 1.80 bits per heavy atom. The van der Waals surface area contributed by atoms with Crippen LogP contribution in [0, 0.1) is 0 Å². The third-order valence-electron chi connectivity index (χ3n) is 3.03. The zero-order valence-corrected chi connectivity index (χ0v) is 10.8. The molecule has 0 aliphatic carbocycles. The molecule has 0 radical (unpaired) electrons. The Balaban J connectivity index is 3.80. The number of ether oxygens (including phenoxy) is 1. The van der Waals surface area contributed by atoms with Gasteiger partial charge in [-0.25, -0.2) is 0 Å². The molecule has 3 nitrogen and oxygen atoms in total. The maximum atomic E-state index is 5.64. The fraction of sp³-hybridized carbons (Fsp3) is 1.00. The molecule has 0 aromatic rings. The largest absolute Gasteiger partial charge is 0.377 e. The van der Waals surface area contributed by atoms with Crippen molar-refractivity contribution >= 4 is 0 Å². The maximum Gasteiger partial charge on any atom is 0.0709 e. The van der Waals surface area contributed by atoms with Gasteiger partial charge in [0.15, 0.2) is 0 Å². The van der Waals surface area contributed by atoms with Crippen molar-refractivity contribution in [1.82, 2.24) is 4.90 Å². The first-order chi connectivity index (χ1) is 7.19. The van der Waals surface area contributed by atoms with Crippen molar-refractivity contribution in [3.63, 3.8) is 0 Å². The minimum Gasteiger partial charge on any atom is -0.377 e. The van der Waals surface area contributed by atoms with Gasteiger partial charge >= 0.3 is 0 Å². The maximum absolute atomic E-state index is 5.64. The van der Waals surface area contributed by atoms with Crippen LogP contribution in [0.1, 0.15) is 40.0 Å². The summed E-state index contributed by atoms with van der Waals surface area (Å²) in [7, 11) is 2.19. The van der Waals surface area contributed by atoms with Crippen LogP contribution in [-0.2, 0) is 4.74 Å². The average Bonchev–Trinajstić information content (AvgIpc) is 2.25. The summed E-state index contributed by atoms with van der Waals surface area (Å²) in [6.07, 6.45) is 3.70. The molecule has 0 saturated heterocycles. The van der Waals surface area contributed by atoms with Gasteiger partial charge in [-0.1, -0.05) is 13.8 Å². The van der Waals surface area contributed by atoms with E-state index in [2.05, 4.69) is 25.8 Å². The molecule has 3 heteroatoms. The van der Waals surface area contributed by atoms with Gasteiger partial charge in [0, 0.05) is 25.7 Å². The van der Waals surface area contributed by atoms with E-state index in [0.29, 0.717) is 12.6 Å². The lowest BCUT2D eigenvalue weighted by Crippen LogP contribution is -2.35. The van der Waals surface area contributed by atoms with Crippen LogP contribution in [0.25, 0.3) is 0 Å². The quantitative estimate of drug-likeness (QED) is 0.639. The van der Waals surface area contributed by atoms with Crippen molar-refractivity contribution in [3.05, 3.63) is 0 Å². The Kier molecular flexibility index (Phi) is 9.06. The number of hydrogen-bond donors (Lipinski definition) is 1. The van der Waals surface area contributed by atoms with Gasteiger partial charge < -0.3 is 15.4 Å². The molecule has 0 heterocycles. The molecule has 92 valence electrons. The zero-order chi connectivity index (χ0) is 11.7. The molecule has 1 unspecified atom stereocenters. The van der Waals surface area contributed by atoms with Crippen LogP contribution in [-0.4, -0.2) is 43.8 Å². The van der Waals surface area contributed by atoms with Crippen molar-refractivity contribution < 1.29 is 4.74 Å². The molecule has 0 spiro atoms. The second kappa shape index (κ2) is 9.13. The number of rotatable bonds is 9. The Morgan fingerprint density at radius 3 is 2.20 bits per heavy atom. The van der Waals surface area contributed by atoms with E-state index < -0.39 is 0 Å². The third-order valence-corrected chi connectivity index (χ3v) is 3.03.